The van der Waals surface area contributed by atoms with E-state index in [2.05, 4.69) is 15.9 Å². The molecule has 1 aromatic carbocycles. The lowest BCUT2D eigenvalue weighted by atomic mass is 10.0. The Morgan fingerprint density at radius 1 is 1.36 bits per heavy atom. The van der Waals surface area contributed by atoms with Gasteiger partial charge in [-0.3, -0.25) is 14.4 Å². The summed E-state index contributed by atoms with van der Waals surface area (Å²) in [4.78, 5) is 38.3. The van der Waals surface area contributed by atoms with Crippen LogP contribution in [0.5, 0.6) is 0 Å². The predicted molar refractivity (Wildman–Crippen MR) is 85.1 cm³/mol. The summed E-state index contributed by atoms with van der Waals surface area (Å²) in [7, 11) is 0. The lowest BCUT2D eigenvalue weighted by Gasteiger charge is -2.23. The van der Waals surface area contributed by atoms with Gasteiger partial charge in [0, 0.05) is 10.2 Å². The minimum Gasteiger partial charge on any atom is -0.465 e. The molecule has 116 valence electrons. The van der Waals surface area contributed by atoms with Gasteiger partial charge in [0.2, 0.25) is 5.91 Å². The molecule has 0 N–H and O–H groups in total. The summed E-state index contributed by atoms with van der Waals surface area (Å²) < 4.78 is 5.82. The molecule has 7 heteroatoms. The first-order valence-corrected chi connectivity index (χ1v) is 8.78. The first kappa shape index (κ1) is 15.6. The molecule has 2 aliphatic heterocycles. The topological polar surface area (TPSA) is 63.7 Å². The van der Waals surface area contributed by atoms with E-state index in [4.69, 9.17) is 4.74 Å². The number of esters is 1. The Hall–Kier alpha value is -1.34. The van der Waals surface area contributed by atoms with Crippen LogP contribution < -0.4 is 0 Å². The third-order valence-corrected chi connectivity index (χ3v) is 5.64. The Morgan fingerprint density at radius 2 is 2.05 bits per heavy atom. The molecular weight excluding hydrogens is 370 g/mol. The number of Topliss-reactive ketones (excluding diaryl/α,β-unsaturated/α-hetero) is 1. The second-order valence-corrected chi connectivity index (χ2v) is 7.11. The Kier molecular flexibility index (Phi) is 4.27. The van der Waals surface area contributed by atoms with E-state index in [1.54, 1.807) is 18.7 Å². The highest BCUT2D eigenvalue weighted by Gasteiger charge is 2.57. The van der Waals surface area contributed by atoms with Crippen molar-refractivity contribution in [2.24, 2.45) is 5.92 Å². The van der Waals surface area contributed by atoms with Crippen LogP contribution in [0, 0.1) is 5.92 Å². The van der Waals surface area contributed by atoms with Gasteiger partial charge in [-0.2, -0.15) is 0 Å². The second-order valence-electron chi connectivity index (χ2n) is 5.09. The quantitative estimate of drug-likeness (QED) is 0.590. The van der Waals surface area contributed by atoms with Gasteiger partial charge in [0.1, 0.15) is 11.4 Å². The molecule has 2 heterocycles. The molecule has 3 rings (SSSR count). The summed E-state index contributed by atoms with van der Waals surface area (Å²) in [6.07, 6.45) is 0. The average Bonchev–Trinajstić information content (AvgIpc) is 3.02. The van der Waals surface area contributed by atoms with Gasteiger partial charge in [-0.1, -0.05) is 28.1 Å². The first-order chi connectivity index (χ1) is 10.5. The Balaban J connectivity index is 1.88. The van der Waals surface area contributed by atoms with Crippen molar-refractivity contribution >= 4 is 45.4 Å². The van der Waals surface area contributed by atoms with Crippen LogP contribution in [0.2, 0.25) is 0 Å². The summed E-state index contributed by atoms with van der Waals surface area (Å²) in [6.45, 7) is 1.81. The zero-order chi connectivity index (χ0) is 15.9. The number of halogens is 1. The standard InChI is InChI=1S/C15H14BrNO4S/c1-2-21-15(20)11-12(18)10-7-22-14(17(10)13(11)19)8-3-5-9(16)6-4-8/h3-6,10-11,14H,2,7H2,1H3. The van der Waals surface area contributed by atoms with E-state index >= 15 is 0 Å². The largest absolute Gasteiger partial charge is 0.465 e. The molecule has 1 amide bonds. The molecule has 22 heavy (non-hydrogen) atoms. The van der Waals surface area contributed by atoms with Gasteiger partial charge in [-0.05, 0) is 24.6 Å². The van der Waals surface area contributed by atoms with Crippen LogP contribution in [0.15, 0.2) is 28.7 Å². The fraction of sp³-hybridized carbons (Fsp3) is 0.400. The van der Waals surface area contributed by atoms with E-state index in [1.165, 1.54) is 4.90 Å². The highest BCUT2D eigenvalue weighted by molar-refractivity contribution is 9.10. The molecule has 0 spiro atoms. The number of benzene rings is 1. The first-order valence-electron chi connectivity index (χ1n) is 6.94. The van der Waals surface area contributed by atoms with Gasteiger partial charge in [0.25, 0.3) is 0 Å². The Labute approximate surface area is 140 Å². The van der Waals surface area contributed by atoms with E-state index in [0.29, 0.717) is 5.75 Å². The highest BCUT2D eigenvalue weighted by atomic mass is 79.9. The van der Waals surface area contributed by atoms with Crippen molar-refractivity contribution < 1.29 is 19.1 Å². The molecule has 0 aromatic heterocycles. The number of amides is 1. The molecule has 2 fully saturated rings. The van der Waals surface area contributed by atoms with Gasteiger partial charge in [-0.15, -0.1) is 11.8 Å². The maximum absolute atomic E-state index is 12.5. The van der Waals surface area contributed by atoms with Crippen molar-refractivity contribution in [1.82, 2.24) is 4.90 Å². The van der Waals surface area contributed by atoms with Gasteiger partial charge in [0.15, 0.2) is 11.7 Å². The molecule has 2 saturated heterocycles. The van der Waals surface area contributed by atoms with Crippen LogP contribution in [-0.4, -0.2) is 41.0 Å². The molecular formula is C15H14BrNO4S. The smallest absolute Gasteiger partial charge is 0.326 e. The van der Waals surface area contributed by atoms with Crippen LogP contribution in [-0.2, 0) is 19.1 Å². The lowest BCUT2D eigenvalue weighted by Crippen LogP contribution is -2.33. The highest BCUT2D eigenvalue weighted by Crippen LogP contribution is 2.46. The minimum absolute atomic E-state index is 0.158. The molecule has 3 unspecified atom stereocenters. The van der Waals surface area contributed by atoms with Crippen LogP contribution in [0.3, 0.4) is 0 Å². The zero-order valence-electron chi connectivity index (χ0n) is 11.8. The summed E-state index contributed by atoms with van der Waals surface area (Å²) in [5, 5.41) is -0.228. The molecule has 2 aliphatic rings. The van der Waals surface area contributed by atoms with Crippen molar-refractivity contribution in [3.8, 4) is 0 Å². The molecule has 3 atom stereocenters. The third-order valence-electron chi connectivity index (χ3n) is 3.79. The number of ketones is 1. The van der Waals surface area contributed by atoms with Crippen molar-refractivity contribution in [3.63, 3.8) is 0 Å². The van der Waals surface area contributed by atoms with Gasteiger partial charge in [0.05, 0.1) is 6.61 Å². The molecule has 0 aliphatic carbocycles. The van der Waals surface area contributed by atoms with E-state index in [0.717, 1.165) is 10.0 Å². The molecule has 0 bridgehead atoms. The number of fused-ring (bicyclic) bond motifs is 1. The van der Waals surface area contributed by atoms with Crippen LogP contribution in [0.25, 0.3) is 0 Å². The zero-order valence-corrected chi connectivity index (χ0v) is 14.2. The van der Waals surface area contributed by atoms with E-state index in [-0.39, 0.29) is 17.8 Å². The Morgan fingerprint density at radius 3 is 2.68 bits per heavy atom. The fourth-order valence-electron chi connectivity index (χ4n) is 2.78. The fourth-order valence-corrected chi connectivity index (χ4v) is 4.50. The molecule has 0 saturated carbocycles. The number of rotatable bonds is 3. The summed E-state index contributed by atoms with van der Waals surface area (Å²) in [6, 6.07) is 7.10. The molecule has 0 radical (unpaired) electrons. The SMILES string of the molecule is CCOC(=O)C1C(=O)C2CSC(c3ccc(Br)cc3)N2C1=O. The number of carbonyl (C=O) groups excluding carboxylic acids is 3. The maximum Gasteiger partial charge on any atom is 0.326 e. The van der Waals surface area contributed by atoms with Crippen molar-refractivity contribution in [2.75, 3.05) is 12.4 Å². The van der Waals surface area contributed by atoms with Crippen molar-refractivity contribution in [3.05, 3.63) is 34.3 Å². The van der Waals surface area contributed by atoms with Crippen LogP contribution >= 0.6 is 27.7 Å². The molecule has 5 nitrogen and oxygen atoms in total. The van der Waals surface area contributed by atoms with Crippen LogP contribution in [0.4, 0.5) is 0 Å². The summed E-state index contributed by atoms with van der Waals surface area (Å²) in [5.74, 6) is -2.28. The predicted octanol–water partition coefficient (Wildman–Crippen LogP) is 2.15. The van der Waals surface area contributed by atoms with Gasteiger partial charge >= 0.3 is 5.97 Å². The lowest BCUT2D eigenvalue weighted by molar-refractivity contribution is -0.154. The van der Waals surface area contributed by atoms with Gasteiger partial charge < -0.3 is 9.64 Å². The van der Waals surface area contributed by atoms with Gasteiger partial charge in [-0.25, -0.2) is 0 Å². The van der Waals surface area contributed by atoms with Crippen LogP contribution in [0.1, 0.15) is 17.9 Å². The van der Waals surface area contributed by atoms with E-state index < -0.39 is 23.8 Å². The third kappa shape index (κ3) is 2.46. The minimum atomic E-state index is -1.29. The van der Waals surface area contributed by atoms with E-state index in [1.807, 2.05) is 24.3 Å². The molecule has 1 aromatic rings. The number of thioether (sulfide) groups is 1. The van der Waals surface area contributed by atoms with Crippen molar-refractivity contribution in [2.45, 2.75) is 18.3 Å². The van der Waals surface area contributed by atoms with Crippen molar-refractivity contribution in [1.29, 1.82) is 0 Å². The summed E-state index contributed by atoms with van der Waals surface area (Å²) >= 11 is 4.92. The Bertz CT molecular complexity index is 633. The number of carbonyl (C=O) groups is 3. The summed E-state index contributed by atoms with van der Waals surface area (Å²) in [5.41, 5.74) is 0.946. The average molecular weight is 384 g/mol. The number of ether oxygens (including phenoxy) is 1. The number of hydrogen-bond acceptors (Lipinski definition) is 5. The second kappa shape index (κ2) is 6.04. The normalized spacial score (nSPS) is 27.2. The number of hydrogen-bond donors (Lipinski definition) is 0. The van der Waals surface area contributed by atoms with E-state index in [9.17, 15) is 14.4 Å². The number of nitrogens with zero attached hydrogens (tertiary/aromatic N) is 1. The maximum atomic E-state index is 12.5. The monoisotopic (exact) mass is 383 g/mol.